The van der Waals surface area contributed by atoms with Gasteiger partial charge in [0.05, 0.1) is 13.2 Å². The van der Waals surface area contributed by atoms with Gasteiger partial charge in [0.25, 0.3) is 0 Å². The number of carbonyl (C=O) groups excluding carboxylic acids is 2. The Morgan fingerprint density at radius 2 is 1.00 bits per heavy atom. The Bertz CT molecular complexity index is 724. The second-order valence-corrected chi connectivity index (χ2v) is 14.0. The van der Waals surface area contributed by atoms with E-state index in [0.717, 1.165) is 44.9 Å². The van der Waals surface area contributed by atoms with Crippen LogP contribution in [0.15, 0.2) is 0 Å². The van der Waals surface area contributed by atoms with Crippen molar-refractivity contribution >= 4 is 19.7 Å². The Hall–Kier alpha value is -0.990. The number of nitrogens with one attached hydrogen (secondary N) is 1. The van der Waals surface area contributed by atoms with Crippen LogP contribution in [0.5, 0.6) is 0 Å². The van der Waals surface area contributed by atoms with Crippen molar-refractivity contribution in [3.8, 4) is 0 Å². The van der Waals surface area contributed by atoms with E-state index in [1.54, 1.807) is 0 Å². The van der Waals surface area contributed by atoms with E-state index in [4.69, 9.17) is 13.8 Å². The molecule has 0 aliphatic rings. The molecule has 0 aromatic rings. The van der Waals surface area contributed by atoms with Crippen molar-refractivity contribution in [2.45, 2.75) is 187 Å². The third-order valence-electron chi connectivity index (χ3n) is 8.04. The molecular weight excluding hydrogens is 593 g/mol. The van der Waals surface area contributed by atoms with Gasteiger partial charge in [0.1, 0.15) is 12.7 Å². The number of amides is 1. The van der Waals surface area contributed by atoms with Gasteiger partial charge in [-0.1, -0.05) is 155 Å². The Morgan fingerprint density at radius 1 is 0.600 bits per heavy atom. The SMILES string of the molecule is CCCCCCCCCCCCCCCCCCCCCCC(=O)NCCOP(=O)(O)OCC(O)COC(=O)CCCCCC. The second kappa shape index (κ2) is 32.9. The number of ether oxygens (including phenoxy) is 1. The molecule has 268 valence electrons. The minimum Gasteiger partial charge on any atom is -0.463 e. The number of aliphatic hydroxyl groups is 1. The molecule has 0 saturated carbocycles. The van der Waals surface area contributed by atoms with Gasteiger partial charge in [0.2, 0.25) is 5.91 Å². The van der Waals surface area contributed by atoms with E-state index in [9.17, 15) is 24.2 Å². The predicted octanol–water partition coefficient (Wildman–Crippen LogP) is 9.32. The average molecular weight is 664 g/mol. The Morgan fingerprint density at radius 3 is 1.47 bits per heavy atom. The molecular formula is C35H70NO8P. The van der Waals surface area contributed by atoms with Crippen molar-refractivity contribution in [3.05, 3.63) is 0 Å². The van der Waals surface area contributed by atoms with E-state index in [-0.39, 0.29) is 32.1 Å². The fourth-order valence-electron chi connectivity index (χ4n) is 5.20. The van der Waals surface area contributed by atoms with E-state index in [2.05, 4.69) is 19.2 Å². The van der Waals surface area contributed by atoms with Crippen molar-refractivity contribution < 1.29 is 37.9 Å². The third kappa shape index (κ3) is 34.2. The van der Waals surface area contributed by atoms with Crippen LogP contribution in [-0.4, -0.2) is 54.3 Å². The molecule has 0 saturated heterocycles. The van der Waals surface area contributed by atoms with Gasteiger partial charge in [0, 0.05) is 19.4 Å². The molecule has 0 aromatic heterocycles. The molecule has 2 unspecified atom stereocenters. The first-order chi connectivity index (χ1) is 21.8. The molecule has 0 aliphatic heterocycles. The van der Waals surface area contributed by atoms with Crippen molar-refractivity contribution in [2.24, 2.45) is 0 Å². The summed E-state index contributed by atoms with van der Waals surface area (Å²) in [4.78, 5) is 33.4. The van der Waals surface area contributed by atoms with Gasteiger partial charge in [-0.3, -0.25) is 18.6 Å². The van der Waals surface area contributed by atoms with Crippen LogP contribution in [0.25, 0.3) is 0 Å². The fraction of sp³-hybridized carbons (Fsp3) is 0.943. The highest BCUT2D eigenvalue weighted by Crippen LogP contribution is 2.42. The molecule has 45 heavy (non-hydrogen) atoms. The summed E-state index contributed by atoms with van der Waals surface area (Å²) in [7, 11) is -4.39. The molecule has 10 heteroatoms. The summed E-state index contributed by atoms with van der Waals surface area (Å²) >= 11 is 0. The zero-order chi connectivity index (χ0) is 33.3. The predicted molar refractivity (Wildman–Crippen MR) is 183 cm³/mol. The van der Waals surface area contributed by atoms with Gasteiger partial charge >= 0.3 is 13.8 Å². The van der Waals surface area contributed by atoms with Gasteiger partial charge in [-0.25, -0.2) is 4.57 Å². The average Bonchev–Trinajstić information content (AvgIpc) is 3.02. The summed E-state index contributed by atoms with van der Waals surface area (Å²) in [5.41, 5.74) is 0. The van der Waals surface area contributed by atoms with Crippen LogP contribution in [0.3, 0.4) is 0 Å². The van der Waals surface area contributed by atoms with Crippen LogP contribution < -0.4 is 5.32 Å². The minimum atomic E-state index is -4.39. The van der Waals surface area contributed by atoms with Crippen molar-refractivity contribution in [3.63, 3.8) is 0 Å². The summed E-state index contributed by atoms with van der Waals surface area (Å²) in [6.07, 6.45) is 29.6. The van der Waals surface area contributed by atoms with Crippen molar-refractivity contribution in [1.29, 1.82) is 0 Å². The molecule has 0 radical (unpaired) electrons. The number of hydrogen-bond donors (Lipinski definition) is 3. The van der Waals surface area contributed by atoms with Crippen LogP contribution in [0.2, 0.25) is 0 Å². The molecule has 0 rings (SSSR count). The molecule has 0 bridgehead atoms. The fourth-order valence-corrected chi connectivity index (χ4v) is 5.96. The standard InChI is InChI=1S/C35H70NO8P/c1-3-5-7-9-10-11-12-13-14-15-16-17-18-19-20-21-22-23-24-25-27-34(38)36-29-30-43-45(40,41)44-32-33(37)31-42-35(39)28-26-8-6-4-2/h33,37H,3-32H2,1-2H3,(H,36,38)(H,40,41). The first-order valence-electron chi connectivity index (χ1n) is 18.5. The first kappa shape index (κ1) is 44.0. The molecule has 0 aliphatic carbocycles. The Kier molecular flexibility index (Phi) is 32.2. The maximum absolute atomic E-state index is 12.0. The molecule has 0 heterocycles. The van der Waals surface area contributed by atoms with E-state index >= 15 is 0 Å². The largest absolute Gasteiger partial charge is 0.472 e. The highest BCUT2D eigenvalue weighted by molar-refractivity contribution is 7.47. The van der Waals surface area contributed by atoms with Gasteiger partial charge in [-0.15, -0.1) is 0 Å². The summed E-state index contributed by atoms with van der Waals surface area (Å²) in [5.74, 6) is -0.527. The van der Waals surface area contributed by atoms with Crippen LogP contribution in [-0.2, 0) is 27.9 Å². The summed E-state index contributed by atoms with van der Waals surface area (Å²) in [6.45, 7) is 3.42. The lowest BCUT2D eigenvalue weighted by molar-refractivity contribution is -0.147. The van der Waals surface area contributed by atoms with Crippen LogP contribution >= 0.6 is 7.82 Å². The third-order valence-corrected chi connectivity index (χ3v) is 9.02. The van der Waals surface area contributed by atoms with Crippen molar-refractivity contribution in [1.82, 2.24) is 5.32 Å². The number of phosphoric acid groups is 1. The van der Waals surface area contributed by atoms with Crippen molar-refractivity contribution in [2.75, 3.05) is 26.4 Å². The monoisotopic (exact) mass is 663 g/mol. The van der Waals surface area contributed by atoms with Gasteiger partial charge in [-0.2, -0.15) is 0 Å². The number of unbranched alkanes of at least 4 members (excludes halogenated alkanes) is 22. The number of phosphoric ester groups is 1. The molecule has 9 nitrogen and oxygen atoms in total. The lowest BCUT2D eigenvalue weighted by Crippen LogP contribution is -2.27. The number of carbonyl (C=O) groups is 2. The van der Waals surface area contributed by atoms with E-state index in [1.165, 1.54) is 109 Å². The van der Waals surface area contributed by atoms with E-state index in [0.29, 0.717) is 6.42 Å². The van der Waals surface area contributed by atoms with Crippen LogP contribution in [0.4, 0.5) is 0 Å². The first-order valence-corrected chi connectivity index (χ1v) is 20.0. The highest BCUT2D eigenvalue weighted by Gasteiger charge is 2.23. The topological polar surface area (TPSA) is 131 Å². The minimum absolute atomic E-state index is 0.0874. The maximum atomic E-state index is 12.0. The smallest absolute Gasteiger partial charge is 0.463 e. The summed E-state index contributed by atoms with van der Waals surface area (Å²) in [6, 6.07) is 0. The lowest BCUT2D eigenvalue weighted by atomic mass is 10.0. The lowest BCUT2D eigenvalue weighted by Gasteiger charge is -2.15. The summed E-state index contributed by atoms with van der Waals surface area (Å²) in [5, 5.41) is 12.5. The van der Waals surface area contributed by atoms with Gasteiger partial charge in [0.15, 0.2) is 0 Å². The zero-order valence-corrected chi connectivity index (χ0v) is 30.0. The summed E-state index contributed by atoms with van der Waals surface area (Å²) < 4.78 is 26.5. The molecule has 0 fully saturated rings. The normalized spacial score (nSPS) is 13.4. The van der Waals surface area contributed by atoms with Gasteiger partial charge in [-0.05, 0) is 12.8 Å². The molecule has 1 amide bonds. The highest BCUT2D eigenvalue weighted by atomic mass is 31.2. The van der Waals surface area contributed by atoms with Gasteiger partial charge < -0.3 is 20.1 Å². The number of hydrogen-bond acceptors (Lipinski definition) is 7. The van der Waals surface area contributed by atoms with Crippen LogP contribution in [0, 0.1) is 0 Å². The molecule has 0 aromatic carbocycles. The van der Waals surface area contributed by atoms with Crippen LogP contribution in [0.1, 0.15) is 181 Å². The van der Waals surface area contributed by atoms with E-state index < -0.39 is 26.5 Å². The van der Waals surface area contributed by atoms with E-state index in [1.807, 2.05) is 0 Å². The number of esters is 1. The maximum Gasteiger partial charge on any atom is 0.472 e. The molecule has 2 atom stereocenters. The Balaban J connectivity index is 3.48. The second-order valence-electron chi connectivity index (χ2n) is 12.6. The molecule has 0 spiro atoms. The quantitative estimate of drug-likeness (QED) is 0.0347. The molecule has 3 N–H and O–H groups in total. The number of rotatable bonds is 35. The Labute approximate surface area is 275 Å². The number of aliphatic hydroxyl groups excluding tert-OH is 1. The zero-order valence-electron chi connectivity index (χ0n) is 29.1.